The standard InChI is InChI=1S/C15H22ClNO/c1-2-17-15(10-9-14-4-3-11-18-14)12-5-7-13(16)8-6-12/h5-8,14-15,17H,2-4,9-11H2,1H3. The number of benzene rings is 1. The summed E-state index contributed by atoms with van der Waals surface area (Å²) in [5.74, 6) is 0. The van der Waals surface area contributed by atoms with Crippen molar-refractivity contribution in [2.75, 3.05) is 13.2 Å². The van der Waals surface area contributed by atoms with Crippen molar-refractivity contribution >= 4 is 11.6 Å². The Balaban J connectivity index is 1.91. The van der Waals surface area contributed by atoms with Gasteiger partial charge < -0.3 is 10.1 Å². The zero-order chi connectivity index (χ0) is 12.8. The third-order valence-corrected chi connectivity index (χ3v) is 3.78. The Morgan fingerprint density at radius 1 is 1.39 bits per heavy atom. The van der Waals surface area contributed by atoms with Gasteiger partial charge in [0.2, 0.25) is 0 Å². The molecule has 0 bridgehead atoms. The maximum absolute atomic E-state index is 5.93. The predicted molar refractivity (Wildman–Crippen MR) is 76.1 cm³/mol. The van der Waals surface area contributed by atoms with Crippen molar-refractivity contribution in [2.24, 2.45) is 0 Å². The molecule has 2 nitrogen and oxygen atoms in total. The van der Waals surface area contributed by atoms with E-state index in [4.69, 9.17) is 16.3 Å². The highest BCUT2D eigenvalue weighted by molar-refractivity contribution is 6.30. The van der Waals surface area contributed by atoms with E-state index in [1.165, 1.54) is 18.4 Å². The fraction of sp³-hybridized carbons (Fsp3) is 0.600. The van der Waals surface area contributed by atoms with Crippen LogP contribution in [0.2, 0.25) is 5.02 Å². The van der Waals surface area contributed by atoms with Gasteiger partial charge in [-0.1, -0.05) is 30.7 Å². The Hall–Kier alpha value is -0.570. The van der Waals surface area contributed by atoms with Gasteiger partial charge in [-0.2, -0.15) is 0 Å². The van der Waals surface area contributed by atoms with Crippen LogP contribution in [-0.4, -0.2) is 19.3 Å². The maximum Gasteiger partial charge on any atom is 0.0576 e. The van der Waals surface area contributed by atoms with Crippen LogP contribution < -0.4 is 5.32 Å². The van der Waals surface area contributed by atoms with Gasteiger partial charge in [0, 0.05) is 17.7 Å². The quantitative estimate of drug-likeness (QED) is 0.843. The van der Waals surface area contributed by atoms with E-state index in [2.05, 4.69) is 24.4 Å². The lowest BCUT2D eigenvalue weighted by atomic mass is 9.99. The molecule has 1 aliphatic rings. The molecule has 3 heteroatoms. The first kappa shape index (κ1) is 13.9. The number of hydrogen-bond acceptors (Lipinski definition) is 2. The van der Waals surface area contributed by atoms with E-state index in [0.717, 1.165) is 31.0 Å². The topological polar surface area (TPSA) is 21.3 Å². The van der Waals surface area contributed by atoms with Gasteiger partial charge in [0.15, 0.2) is 0 Å². The highest BCUT2D eigenvalue weighted by atomic mass is 35.5. The number of rotatable bonds is 6. The summed E-state index contributed by atoms with van der Waals surface area (Å²) >= 11 is 5.93. The first-order chi connectivity index (χ1) is 8.79. The van der Waals surface area contributed by atoms with Gasteiger partial charge in [-0.3, -0.25) is 0 Å². The fourth-order valence-electron chi connectivity index (χ4n) is 2.55. The summed E-state index contributed by atoms with van der Waals surface area (Å²) < 4.78 is 5.69. The molecule has 0 aromatic heterocycles. The second kappa shape index (κ2) is 7.13. The van der Waals surface area contributed by atoms with Gasteiger partial charge in [-0.25, -0.2) is 0 Å². The Bertz CT molecular complexity index is 346. The van der Waals surface area contributed by atoms with Crippen LogP contribution in [0.15, 0.2) is 24.3 Å². The van der Waals surface area contributed by atoms with Gasteiger partial charge in [0.25, 0.3) is 0 Å². The Kier molecular flexibility index (Phi) is 5.48. The minimum absolute atomic E-state index is 0.413. The molecule has 2 rings (SSSR count). The lowest BCUT2D eigenvalue weighted by Crippen LogP contribution is -2.22. The van der Waals surface area contributed by atoms with E-state index in [1.54, 1.807) is 0 Å². The fourth-order valence-corrected chi connectivity index (χ4v) is 2.68. The maximum atomic E-state index is 5.93. The average Bonchev–Trinajstić information content (AvgIpc) is 2.89. The number of halogens is 1. The van der Waals surface area contributed by atoms with E-state index >= 15 is 0 Å². The molecule has 2 unspecified atom stereocenters. The Labute approximate surface area is 115 Å². The van der Waals surface area contributed by atoms with Gasteiger partial charge in [0.05, 0.1) is 6.10 Å². The molecule has 0 aliphatic carbocycles. The number of nitrogens with one attached hydrogen (secondary N) is 1. The van der Waals surface area contributed by atoms with E-state index in [-0.39, 0.29) is 0 Å². The minimum atomic E-state index is 0.413. The normalized spacial score (nSPS) is 21.1. The van der Waals surface area contributed by atoms with Crippen molar-refractivity contribution in [1.82, 2.24) is 5.32 Å². The van der Waals surface area contributed by atoms with Crippen molar-refractivity contribution < 1.29 is 4.74 Å². The molecule has 1 aromatic carbocycles. The summed E-state index contributed by atoms with van der Waals surface area (Å²) in [5, 5.41) is 4.34. The molecule has 0 spiro atoms. The zero-order valence-electron chi connectivity index (χ0n) is 11.0. The van der Waals surface area contributed by atoms with Crippen LogP contribution in [0.5, 0.6) is 0 Å². The van der Waals surface area contributed by atoms with Gasteiger partial charge in [0.1, 0.15) is 0 Å². The molecule has 2 atom stereocenters. The third-order valence-electron chi connectivity index (χ3n) is 3.52. The molecular formula is C15H22ClNO. The predicted octanol–water partition coefficient (Wildman–Crippen LogP) is 3.95. The molecule has 0 saturated carbocycles. The van der Waals surface area contributed by atoms with Crippen molar-refractivity contribution in [2.45, 2.75) is 44.8 Å². The summed E-state index contributed by atoms with van der Waals surface area (Å²) in [6.45, 7) is 4.07. The second-order valence-corrected chi connectivity index (χ2v) is 5.31. The van der Waals surface area contributed by atoms with E-state index in [1.807, 2.05) is 12.1 Å². The summed E-state index contributed by atoms with van der Waals surface area (Å²) in [6, 6.07) is 8.58. The molecule has 1 saturated heterocycles. The summed E-state index contributed by atoms with van der Waals surface area (Å²) in [6.07, 6.45) is 5.18. The van der Waals surface area contributed by atoms with Gasteiger partial charge in [-0.05, 0) is 49.9 Å². The van der Waals surface area contributed by atoms with Crippen LogP contribution in [0.25, 0.3) is 0 Å². The van der Waals surface area contributed by atoms with Crippen LogP contribution in [0, 0.1) is 0 Å². The highest BCUT2D eigenvalue weighted by Gasteiger charge is 2.18. The highest BCUT2D eigenvalue weighted by Crippen LogP contribution is 2.24. The van der Waals surface area contributed by atoms with E-state index in [9.17, 15) is 0 Å². The first-order valence-corrected chi connectivity index (χ1v) is 7.28. The monoisotopic (exact) mass is 267 g/mol. The summed E-state index contributed by atoms with van der Waals surface area (Å²) in [7, 11) is 0. The SMILES string of the molecule is CCNC(CCC1CCCO1)c1ccc(Cl)cc1. The third kappa shape index (κ3) is 3.98. The lowest BCUT2D eigenvalue weighted by molar-refractivity contribution is 0.0996. The number of ether oxygens (including phenoxy) is 1. The number of hydrogen-bond donors (Lipinski definition) is 1. The van der Waals surface area contributed by atoms with Crippen molar-refractivity contribution in [3.63, 3.8) is 0 Å². The molecule has 100 valence electrons. The average molecular weight is 268 g/mol. The smallest absolute Gasteiger partial charge is 0.0576 e. The van der Waals surface area contributed by atoms with E-state index in [0.29, 0.717) is 12.1 Å². The van der Waals surface area contributed by atoms with Gasteiger partial charge in [-0.15, -0.1) is 0 Å². The van der Waals surface area contributed by atoms with Crippen molar-refractivity contribution in [3.05, 3.63) is 34.9 Å². The lowest BCUT2D eigenvalue weighted by Gasteiger charge is -2.20. The molecule has 0 amide bonds. The Morgan fingerprint density at radius 3 is 2.78 bits per heavy atom. The van der Waals surface area contributed by atoms with Crippen LogP contribution in [0.3, 0.4) is 0 Å². The Morgan fingerprint density at radius 2 is 2.17 bits per heavy atom. The van der Waals surface area contributed by atoms with Crippen LogP contribution in [0.1, 0.15) is 44.2 Å². The van der Waals surface area contributed by atoms with Crippen molar-refractivity contribution in [1.29, 1.82) is 0 Å². The minimum Gasteiger partial charge on any atom is -0.378 e. The summed E-state index contributed by atoms with van der Waals surface area (Å²) in [4.78, 5) is 0. The molecule has 18 heavy (non-hydrogen) atoms. The van der Waals surface area contributed by atoms with Crippen molar-refractivity contribution in [3.8, 4) is 0 Å². The molecule has 1 heterocycles. The molecular weight excluding hydrogens is 246 g/mol. The second-order valence-electron chi connectivity index (χ2n) is 4.87. The molecule has 1 fully saturated rings. The van der Waals surface area contributed by atoms with Crippen LogP contribution >= 0.6 is 11.6 Å². The molecule has 1 N–H and O–H groups in total. The first-order valence-electron chi connectivity index (χ1n) is 6.90. The largest absolute Gasteiger partial charge is 0.378 e. The molecule has 0 radical (unpaired) electrons. The van der Waals surface area contributed by atoms with Crippen LogP contribution in [0.4, 0.5) is 0 Å². The summed E-state index contributed by atoms with van der Waals surface area (Å²) in [5.41, 5.74) is 1.32. The van der Waals surface area contributed by atoms with Gasteiger partial charge >= 0.3 is 0 Å². The van der Waals surface area contributed by atoms with E-state index < -0.39 is 0 Å². The van der Waals surface area contributed by atoms with Crippen LogP contribution in [-0.2, 0) is 4.74 Å². The molecule has 1 aromatic rings. The molecule has 1 aliphatic heterocycles. The zero-order valence-corrected chi connectivity index (χ0v) is 11.7.